The Morgan fingerprint density at radius 1 is 1.04 bits per heavy atom. The molecule has 1 heterocycles. The number of piperidine rings is 1. The zero-order valence-electron chi connectivity index (χ0n) is 15.4. The van der Waals surface area contributed by atoms with Crippen molar-refractivity contribution in [1.82, 2.24) is 10.2 Å². The van der Waals surface area contributed by atoms with Crippen LogP contribution in [0, 0.1) is 5.92 Å². The molecule has 1 aromatic rings. The fraction of sp³-hybridized carbons (Fsp3) is 0.650. The van der Waals surface area contributed by atoms with Crippen LogP contribution in [0.25, 0.3) is 0 Å². The number of alkyl halides is 3. The molecule has 0 unspecified atom stereocenters. The van der Waals surface area contributed by atoms with Crippen LogP contribution in [0.15, 0.2) is 24.3 Å². The van der Waals surface area contributed by atoms with Crippen molar-refractivity contribution in [2.24, 2.45) is 5.92 Å². The summed E-state index contributed by atoms with van der Waals surface area (Å²) in [6.07, 6.45) is 2.74. The molecule has 1 saturated heterocycles. The van der Waals surface area contributed by atoms with Crippen molar-refractivity contribution in [2.45, 2.75) is 63.9 Å². The van der Waals surface area contributed by atoms with Crippen LogP contribution in [0.4, 0.5) is 13.2 Å². The lowest BCUT2D eigenvalue weighted by Gasteiger charge is -2.33. The largest absolute Gasteiger partial charge is 0.573 e. The molecule has 1 saturated carbocycles. The van der Waals surface area contributed by atoms with Gasteiger partial charge in [-0.2, -0.15) is 0 Å². The quantitative estimate of drug-likeness (QED) is 0.825. The van der Waals surface area contributed by atoms with Gasteiger partial charge in [-0.25, -0.2) is 0 Å². The summed E-state index contributed by atoms with van der Waals surface area (Å²) >= 11 is 0. The van der Waals surface area contributed by atoms with Crippen molar-refractivity contribution in [2.75, 3.05) is 13.1 Å². The number of carbonyl (C=O) groups excluding carboxylic acids is 1. The SMILES string of the molecule is O=C(NC1CCN(Cc2ccc(OC(F)(F)F)cc2)CC1)C1CCCCC1. The fourth-order valence-corrected chi connectivity index (χ4v) is 3.97. The van der Waals surface area contributed by atoms with Crippen molar-refractivity contribution >= 4 is 5.91 Å². The van der Waals surface area contributed by atoms with Crippen LogP contribution in [0.5, 0.6) is 5.75 Å². The lowest BCUT2D eigenvalue weighted by molar-refractivity contribution is -0.274. The van der Waals surface area contributed by atoms with Gasteiger partial charge in [0, 0.05) is 31.6 Å². The molecule has 4 nitrogen and oxygen atoms in total. The molecule has 0 spiro atoms. The molecule has 1 aliphatic carbocycles. The van der Waals surface area contributed by atoms with Crippen LogP contribution in [-0.4, -0.2) is 36.3 Å². The highest BCUT2D eigenvalue weighted by atomic mass is 19.4. The standard InChI is InChI=1S/C20H27F3N2O2/c21-20(22,23)27-18-8-6-15(7-9-18)14-25-12-10-17(11-13-25)24-19(26)16-4-2-1-3-5-16/h6-9,16-17H,1-5,10-14H2,(H,24,26). The molecule has 1 aliphatic heterocycles. The molecule has 1 N–H and O–H groups in total. The van der Waals surface area contributed by atoms with E-state index in [1.54, 1.807) is 12.1 Å². The number of nitrogens with one attached hydrogen (secondary N) is 1. The molecule has 3 rings (SSSR count). The smallest absolute Gasteiger partial charge is 0.406 e. The van der Waals surface area contributed by atoms with Crippen molar-refractivity contribution in [3.63, 3.8) is 0 Å². The number of hydrogen-bond donors (Lipinski definition) is 1. The number of nitrogens with zero attached hydrogens (tertiary/aromatic N) is 1. The van der Waals surface area contributed by atoms with Crippen molar-refractivity contribution in [1.29, 1.82) is 0 Å². The number of carbonyl (C=O) groups is 1. The van der Waals surface area contributed by atoms with Crippen LogP contribution < -0.4 is 10.1 Å². The zero-order valence-corrected chi connectivity index (χ0v) is 15.4. The van der Waals surface area contributed by atoms with E-state index in [-0.39, 0.29) is 23.6 Å². The summed E-state index contributed by atoms with van der Waals surface area (Å²) in [5.74, 6) is 0.206. The van der Waals surface area contributed by atoms with Gasteiger partial charge in [0.25, 0.3) is 0 Å². The first kappa shape index (κ1) is 20.0. The van der Waals surface area contributed by atoms with Crippen molar-refractivity contribution < 1.29 is 22.7 Å². The Morgan fingerprint density at radius 2 is 1.67 bits per heavy atom. The minimum atomic E-state index is -4.66. The Kier molecular flexibility index (Phi) is 6.63. The average Bonchev–Trinajstić information content (AvgIpc) is 2.64. The van der Waals surface area contributed by atoms with E-state index in [4.69, 9.17) is 0 Å². The lowest BCUT2D eigenvalue weighted by Crippen LogP contribution is -2.46. The molecule has 2 aliphatic rings. The maximum Gasteiger partial charge on any atom is 0.573 e. The molecular weight excluding hydrogens is 357 g/mol. The van der Waals surface area contributed by atoms with Gasteiger partial charge in [0.05, 0.1) is 0 Å². The van der Waals surface area contributed by atoms with E-state index in [0.717, 1.165) is 57.2 Å². The Hall–Kier alpha value is -1.76. The first-order valence-corrected chi connectivity index (χ1v) is 9.76. The monoisotopic (exact) mass is 384 g/mol. The van der Waals surface area contributed by atoms with Gasteiger partial charge >= 0.3 is 6.36 Å². The third-order valence-electron chi connectivity index (χ3n) is 5.47. The fourth-order valence-electron chi connectivity index (χ4n) is 3.97. The number of benzene rings is 1. The molecule has 2 fully saturated rings. The number of hydrogen-bond acceptors (Lipinski definition) is 3. The van der Waals surface area contributed by atoms with E-state index in [2.05, 4.69) is 15.0 Å². The lowest BCUT2D eigenvalue weighted by atomic mass is 9.88. The molecule has 1 amide bonds. The van der Waals surface area contributed by atoms with Gasteiger partial charge in [-0.15, -0.1) is 13.2 Å². The molecule has 150 valence electrons. The van der Waals surface area contributed by atoms with E-state index in [1.807, 2.05) is 0 Å². The second kappa shape index (κ2) is 8.95. The predicted octanol–water partition coefficient (Wildman–Crippen LogP) is 4.25. The summed E-state index contributed by atoms with van der Waals surface area (Å²) in [5.41, 5.74) is 0.953. The molecule has 7 heteroatoms. The molecule has 1 aromatic carbocycles. The summed E-state index contributed by atoms with van der Waals surface area (Å²) < 4.78 is 40.5. The summed E-state index contributed by atoms with van der Waals surface area (Å²) in [5, 5.41) is 3.21. The summed E-state index contributed by atoms with van der Waals surface area (Å²) in [6.45, 7) is 2.43. The van der Waals surface area contributed by atoms with Gasteiger partial charge in [-0.05, 0) is 43.4 Å². The van der Waals surface area contributed by atoms with E-state index in [0.29, 0.717) is 6.54 Å². The molecule has 0 aromatic heterocycles. The highest BCUT2D eigenvalue weighted by Crippen LogP contribution is 2.25. The van der Waals surface area contributed by atoms with Crippen molar-refractivity contribution in [3.8, 4) is 5.75 Å². The molecule has 0 radical (unpaired) electrons. The first-order chi connectivity index (χ1) is 12.9. The third-order valence-corrected chi connectivity index (χ3v) is 5.47. The van der Waals surface area contributed by atoms with Crippen LogP contribution in [0.1, 0.15) is 50.5 Å². The van der Waals surface area contributed by atoms with Crippen LogP contribution >= 0.6 is 0 Å². The molecule has 27 heavy (non-hydrogen) atoms. The molecule has 0 atom stereocenters. The number of ether oxygens (including phenoxy) is 1. The highest BCUT2D eigenvalue weighted by molar-refractivity contribution is 5.79. The molecule has 0 bridgehead atoms. The van der Waals surface area contributed by atoms with Gasteiger partial charge in [0.2, 0.25) is 5.91 Å². The second-order valence-electron chi connectivity index (χ2n) is 7.59. The van der Waals surface area contributed by atoms with Gasteiger partial charge in [0.1, 0.15) is 5.75 Å². The van der Waals surface area contributed by atoms with Crippen LogP contribution in [-0.2, 0) is 11.3 Å². The summed E-state index contributed by atoms with van der Waals surface area (Å²) in [4.78, 5) is 14.6. The van der Waals surface area contributed by atoms with Crippen molar-refractivity contribution in [3.05, 3.63) is 29.8 Å². The van der Waals surface area contributed by atoms with Gasteiger partial charge in [-0.3, -0.25) is 9.69 Å². The Morgan fingerprint density at radius 3 is 2.26 bits per heavy atom. The van der Waals surface area contributed by atoms with Crippen LogP contribution in [0.2, 0.25) is 0 Å². The highest BCUT2D eigenvalue weighted by Gasteiger charge is 2.31. The third kappa shape index (κ3) is 6.41. The number of halogens is 3. The minimum Gasteiger partial charge on any atom is -0.406 e. The first-order valence-electron chi connectivity index (χ1n) is 9.76. The Bertz CT molecular complexity index is 605. The van der Waals surface area contributed by atoms with E-state index in [1.165, 1.54) is 18.6 Å². The van der Waals surface area contributed by atoms with Gasteiger partial charge in [-0.1, -0.05) is 31.4 Å². The normalized spacial score (nSPS) is 20.4. The Balaban J connectivity index is 1.40. The summed E-state index contributed by atoms with van der Waals surface area (Å²) in [7, 11) is 0. The summed E-state index contributed by atoms with van der Waals surface area (Å²) in [6, 6.07) is 6.26. The topological polar surface area (TPSA) is 41.6 Å². The maximum absolute atomic E-state index is 12.4. The Labute approximate surface area is 158 Å². The number of rotatable bonds is 5. The zero-order chi connectivity index (χ0) is 19.3. The predicted molar refractivity (Wildman–Crippen MR) is 96.1 cm³/mol. The number of likely N-dealkylation sites (tertiary alicyclic amines) is 1. The minimum absolute atomic E-state index is 0.189. The van der Waals surface area contributed by atoms with Gasteiger partial charge < -0.3 is 10.1 Å². The van der Waals surface area contributed by atoms with Crippen LogP contribution in [0.3, 0.4) is 0 Å². The second-order valence-corrected chi connectivity index (χ2v) is 7.59. The molecular formula is C20H27F3N2O2. The van der Waals surface area contributed by atoms with Gasteiger partial charge in [0.15, 0.2) is 0 Å². The van der Waals surface area contributed by atoms with E-state index in [9.17, 15) is 18.0 Å². The average molecular weight is 384 g/mol. The van der Waals surface area contributed by atoms with E-state index >= 15 is 0 Å². The maximum atomic E-state index is 12.4. The van der Waals surface area contributed by atoms with E-state index < -0.39 is 6.36 Å². The number of amides is 1.